The van der Waals surface area contributed by atoms with Gasteiger partial charge in [0.1, 0.15) is 11.3 Å². The molecule has 0 aliphatic rings. The number of hydrogen-bond donors (Lipinski definition) is 1. The molecule has 4 rings (SSSR count). The third-order valence-corrected chi connectivity index (χ3v) is 5.53. The molecule has 0 radical (unpaired) electrons. The van der Waals surface area contributed by atoms with Crippen molar-refractivity contribution in [2.45, 2.75) is 19.6 Å². The van der Waals surface area contributed by atoms with Crippen molar-refractivity contribution in [1.82, 2.24) is 19.3 Å². The van der Waals surface area contributed by atoms with Gasteiger partial charge in [0, 0.05) is 13.2 Å². The van der Waals surface area contributed by atoms with Gasteiger partial charge in [0.25, 0.3) is 5.56 Å². The molecular weight excluding hydrogens is 473 g/mol. The highest BCUT2D eigenvalue weighted by molar-refractivity contribution is 6.32. The molecule has 4 aromatic rings. The predicted molar refractivity (Wildman–Crippen MR) is 120 cm³/mol. The van der Waals surface area contributed by atoms with Gasteiger partial charge in [-0.1, -0.05) is 47.5 Å². The van der Waals surface area contributed by atoms with E-state index >= 15 is 0 Å². The smallest absolute Gasteiger partial charge is 0.420 e. The second-order valence-electron chi connectivity index (χ2n) is 7.61. The predicted octanol–water partition coefficient (Wildman–Crippen LogP) is 4.76. The first kappa shape index (κ1) is 23.4. The fraction of sp³-hybridized carbons (Fsp3) is 0.174. The lowest BCUT2D eigenvalue weighted by atomic mass is 10.0. The van der Waals surface area contributed by atoms with Gasteiger partial charge >= 0.3 is 11.9 Å². The number of pyridine rings is 1. The Bertz CT molecular complexity index is 1470. The van der Waals surface area contributed by atoms with Crippen LogP contribution in [0.5, 0.6) is 11.5 Å². The Morgan fingerprint density at radius 3 is 2.32 bits per heavy atom. The van der Waals surface area contributed by atoms with Gasteiger partial charge in [0.05, 0.1) is 11.6 Å². The molecule has 1 N–H and O–H groups in total. The molecule has 0 aliphatic carbocycles. The number of H-pyrrole nitrogens is 1. The third-order valence-electron chi connectivity index (χ3n) is 5.24. The Kier molecular flexibility index (Phi) is 6.09. The lowest BCUT2D eigenvalue weighted by Gasteiger charge is -2.16. The number of benzene rings is 2. The number of aromatic amines is 1. The third kappa shape index (κ3) is 4.62. The fourth-order valence-corrected chi connectivity index (χ4v) is 3.51. The maximum absolute atomic E-state index is 13.7. The molecule has 0 fully saturated rings. The Balaban J connectivity index is 1.74. The summed E-state index contributed by atoms with van der Waals surface area (Å²) in [6, 6.07) is 13.0. The van der Waals surface area contributed by atoms with Crippen LogP contribution < -0.4 is 16.0 Å². The number of alkyl halides is 3. The van der Waals surface area contributed by atoms with Crippen molar-refractivity contribution in [3.8, 4) is 22.6 Å². The fourth-order valence-electron chi connectivity index (χ4n) is 3.29. The van der Waals surface area contributed by atoms with E-state index in [1.165, 1.54) is 13.1 Å². The molecule has 0 saturated heterocycles. The quantitative estimate of drug-likeness (QED) is 0.437. The Morgan fingerprint density at radius 2 is 1.74 bits per heavy atom. The van der Waals surface area contributed by atoms with Crippen molar-refractivity contribution in [2.24, 2.45) is 7.05 Å². The minimum atomic E-state index is -4.85. The maximum Gasteiger partial charge on any atom is 0.420 e. The number of halogens is 4. The average Bonchev–Trinajstić information content (AvgIpc) is 3.09. The van der Waals surface area contributed by atoms with E-state index in [9.17, 15) is 22.8 Å². The first-order valence-corrected chi connectivity index (χ1v) is 10.4. The molecule has 0 aliphatic heterocycles. The van der Waals surface area contributed by atoms with E-state index in [0.717, 1.165) is 38.1 Å². The second-order valence-corrected chi connectivity index (χ2v) is 8.01. The van der Waals surface area contributed by atoms with Crippen molar-refractivity contribution in [2.75, 3.05) is 0 Å². The number of nitrogens with one attached hydrogen (secondary N) is 1. The lowest BCUT2D eigenvalue weighted by molar-refractivity contribution is -0.138. The van der Waals surface area contributed by atoms with E-state index in [2.05, 4.69) is 10.2 Å². The highest BCUT2D eigenvalue weighted by Crippen LogP contribution is 2.38. The van der Waals surface area contributed by atoms with Crippen LogP contribution in [-0.2, 0) is 19.8 Å². The van der Waals surface area contributed by atoms with Crippen LogP contribution in [-0.4, -0.2) is 19.3 Å². The highest BCUT2D eigenvalue weighted by atomic mass is 35.5. The molecule has 176 valence electrons. The highest BCUT2D eigenvalue weighted by Gasteiger charge is 2.36. The number of hydrogen-bond acceptors (Lipinski definition) is 4. The molecule has 0 unspecified atom stereocenters. The second kappa shape index (κ2) is 8.86. The van der Waals surface area contributed by atoms with Crippen LogP contribution in [0.4, 0.5) is 13.2 Å². The normalized spacial score (nSPS) is 11.6. The van der Waals surface area contributed by atoms with Crippen LogP contribution in [0.15, 0.2) is 64.3 Å². The van der Waals surface area contributed by atoms with Gasteiger partial charge in [-0.3, -0.25) is 9.36 Å². The summed E-state index contributed by atoms with van der Waals surface area (Å²) >= 11 is 6.31. The van der Waals surface area contributed by atoms with Crippen molar-refractivity contribution >= 4 is 11.6 Å². The van der Waals surface area contributed by atoms with Crippen LogP contribution >= 0.6 is 11.6 Å². The summed E-state index contributed by atoms with van der Waals surface area (Å²) in [4.78, 5) is 24.5. The maximum atomic E-state index is 13.7. The Hall–Kier alpha value is -3.79. The summed E-state index contributed by atoms with van der Waals surface area (Å²) in [5, 5.41) is 6.02. The topological polar surface area (TPSA) is 81.9 Å². The molecule has 0 saturated carbocycles. The number of rotatable bonds is 5. The van der Waals surface area contributed by atoms with E-state index in [-0.39, 0.29) is 23.1 Å². The first-order chi connectivity index (χ1) is 16.0. The average molecular weight is 491 g/mol. The summed E-state index contributed by atoms with van der Waals surface area (Å²) in [7, 11) is 1.42. The zero-order chi connectivity index (χ0) is 24.6. The summed E-state index contributed by atoms with van der Waals surface area (Å²) in [5.74, 6) is -0.885. The Morgan fingerprint density at radius 1 is 1.06 bits per heavy atom. The van der Waals surface area contributed by atoms with Gasteiger partial charge in [-0.25, -0.2) is 9.89 Å². The van der Waals surface area contributed by atoms with Gasteiger partial charge in [-0.2, -0.15) is 18.3 Å². The number of aromatic nitrogens is 4. The van der Waals surface area contributed by atoms with Gasteiger partial charge in [0.2, 0.25) is 5.75 Å². The first-order valence-electron chi connectivity index (χ1n) is 10.00. The number of ether oxygens (including phenoxy) is 1. The summed E-state index contributed by atoms with van der Waals surface area (Å²) < 4.78 is 48.5. The van der Waals surface area contributed by atoms with Crippen molar-refractivity contribution in [1.29, 1.82) is 0 Å². The van der Waals surface area contributed by atoms with E-state index in [0.29, 0.717) is 0 Å². The zero-order valence-corrected chi connectivity index (χ0v) is 18.7. The van der Waals surface area contributed by atoms with E-state index in [1.807, 2.05) is 31.2 Å². The Labute approximate surface area is 196 Å². The molecule has 2 heterocycles. The molecule has 11 heteroatoms. The van der Waals surface area contributed by atoms with Gasteiger partial charge in [-0.05, 0) is 36.2 Å². The van der Waals surface area contributed by atoms with Gasteiger partial charge in [0.15, 0.2) is 5.82 Å². The summed E-state index contributed by atoms with van der Waals surface area (Å²) in [6.45, 7) is 1.70. The van der Waals surface area contributed by atoms with Crippen LogP contribution in [0, 0.1) is 6.92 Å². The molecular formula is C23H18ClF3N4O3. The van der Waals surface area contributed by atoms with Crippen LogP contribution in [0.1, 0.15) is 17.0 Å². The van der Waals surface area contributed by atoms with E-state index in [4.69, 9.17) is 16.3 Å². The van der Waals surface area contributed by atoms with Crippen LogP contribution in [0.2, 0.25) is 5.02 Å². The van der Waals surface area contributed by atoms with E-state index in [1.54, 1.807) is 12.1 Å². The monoisotopic (exact) mass is 490 g/mol. The minimum Gasteiger partial charge on any atom is -0.449 e. The molecule has 2 aromatic carbocycles. The number of nitrogens with zero attached hydrogens (tertiary/aromatic N) is 3. The summed E-state index contributed by atoms with van der Waals surface area (Å²) in [6.07, 6.45) is -3.87. The van der Waals surface area contributed by atoms with Crippen molar-refractivity contribution < 1.29 is 17.9 Å². The largest absolute Gasteiger partial charge is 0.449 e. The molecule has 0 atom stereocenters. The van der Waals surface area contributed by atoms with Crippen LogP contribution in [0.25, 0.3) is 11.1 Å². The summed E-state index contributed by atoms with van der Waals surface area (Å²) in [5.41, 5.74) is -0.149. The zero-order valence-electron chi connectivity index (χ0n) is 18.0. The van der Waals surface area contributed by atoms with Crippen molar-refractivity contribution in [3.05, 3.63) is 97.5 Å². The van der Waals surface area contributed by atoms with Gasteiger partial charge in [-0.15, -0.1) is 0 Å². The van der Waals surface area contributed by atoms with Gasteiger partial charge < -0.3 is 9.30 Å². The van der Waals surface area contributed by atoms with Crippen molar-refractivity contribution in [3.63, 3.8) is 0 Å². The molecule has 0 amide bonds. The van der Waals surface area contributed by atoms with Crippen LogP contribution in [0.3, 0.4) is 0 Å². The standard InChI is InChI=1S/C23H18ClF3N4O3/c1-13-3-5-14(6-4-13)15-7-8-18(17(24)11-15)34-20-16(23(25,26)27)9-10-31(21(20)32)12-19-28-29-22(33)30(19)2/h3-11H,12H2,1-2H3,(H,29,33). The molecule has 2 aromatic heterocycles. The van der Waals surface area contributed by atoms with E-state index < -0.39 is 28.7 Å². The molecule has 7 nitrogen and oxygen atoms in total. The molecule has 0 spiro atoms. The number of aryl methyl sites for hydroxylation is 1. The molecule has 34 heavy (non-hydrogen) atoms. The minimum absolute atomic E-state index is 0.0377. The SMILES string of the molecule is Cc1ccc(-c2ccc(Oc3c(C(F)(F)F)ccn(Cc4n[nH]c(=O)n4C)c3=O)c(Cl)c2)cc1. The molecule has 0 bridgehead atoms. The lowest BCUT2D eigenvalue weighted by Crippen LogP contribution is -2.26.